The van der Waals surface area contributed by atoms with Crippen molar-refractivity contribution >= 4 is 11.0 Å². The summed E-state index contributed by atoms with van der Waals surface area (Å²) >= 11 is 0. The molecule has 1 saturated heterocycles. The van der Waals surface area contributed by atoms with Crippen LogP contribution >= 0.6 is 0 Å². The van der Waals surface area contributed by atoms with Gasteiger partial charge in [0.15, 0.2) is 17.2 Å². The Hall–Kier alpha value is -2.75. The highest BCUT2D eigenvalue weighted by Gasteiger charge is 2.56. The predicted octanol–water partition coefficient (Wildman–Crippen LogP) is 1.27. The van der Waals surface area contributed by atoms with Crippen LogP contribution in [0.5, 0.6) is 0 Å². The van der Waals surface area contributed by atoms with Gasteiger partial charge in [0.05, 0.1) is 32.0 Å². The number of ether oxygens (including phenoxy) is 1. The van der Waals surface area contributed by atoms with E-state index in [1.54, 1.807) is 0 Å². The van der Waals surface area contributed by atoms with Gasteiger partial charge in [-0.05, 0) is 12.1 Å². The maximum Gasteiger partial charge on any atom is 0.298 e. The number of fused-ring (bicyclic) bond motifs is 2. The van der Waals surface area contributed by atoms with Crippen LogP contribution < -0.4 is 5.56 Å². The number of hydrogen-bond donors (Lipinski definition) is 0. The molecule has 134 valence electrons. The van der Waals surface area contributed by atoms with Crippen molar-refractivity contribution in [2.75, 3.05) is 13.2 Å². The van der Waals surface area contributed by atoms with Gasteiger partial charge in [-0.2, -0.15) is 5.10 Å². The van der Waals surface area contributed by atoms with E-state index in [0.717, 1.165) is 10.7 Å². The maximum absolute atomic E-state index is 13.8. The zero-order valence-electron chi connectivity index (χ0n) is 13.3. The van der Waals surface area contributed by atoms with Crippen molar-refractivity contribution in [3.8, 4) is 0 Å². The molecular formula is C16H12F3N5O2. The van der Waals surface area contributed by atoms with Crippen molar-refractivity contribution in [3.05, 3.63) is 51.7 Å². The van der Waals surface area contributed by atoms with Crippen molar-refractivity contribution in [1.82, 2.24) is 24.8 Å². The molecular weight excluding hydrogens is 351 g/mol. The van der Waals surface area contributed by atoms with Crippen molar-refractivity contribution in [1.29, 1.82) is 0 Å². The molecule has 3 heterocycles. The van der Waals surface area contributed by atoms with Gasteiger partial charge in [0, 0.05) is 17.4 Å². The van der Waals surface area contributed by atoms with Gasteiger partial charge in [0.25, 0.3) is 5.56 Å². The molecule has 0 unspecified atom stereocenters. The third-order valence-corrected chi connectivity index (χ3v) is 5.05. The van der Waals surface area contributed by atoms with Crippen molar-refractivity contribution < 1.29 is 17.9 Å². The monoisotopic (exact) mass is 363 g/mol. The number of aromatic nitrogens is 5. The fourth-order valence-electron chi connectivity index (χ4n) is 3.61. The van der Waals surface area contributed by atoms with Crippen LogP contribution in [0.3, 0.4) is 0 Å². The summed E-state index contributed by atoms with van der Waals surface area (Å²) < 4.78 is 48.7. The average Bonchev–Trinajstić information content (AvgIpc) is 3.00. The van der Waals surface area contributed by atoms with E-state index in [2.05, 4.69) is 15.4 Å². The largest absolute Gasteiger partial charge is 0.381 e. The van der Waals surface area contributed by atoms with E-state index in [1.807, 2.05) is 0 Å². The molecule has 3 aromatic rings. The molecule has 0 bridgehead atoms. The van der Waals surface area contributed by atoms with Crippen molar-refractivity contribution in [3.63, 3.8) is 0 Å². The summed E-state index contributed by atoms with van der Waals surface area (Å²) in [6, 6.07) is 1.52. The number of benzene rings is 1. The lowest BCUT2D eigenvalue weighted by Gasteiger charge is -2.05. The summed E-state index contributed by atoms with van der Waals surface area (Å²) in [4.78, 5) is 12.6. The molecule has 0 spiro atoms. The van der Waals surface area contributed by atoms with E-state index < -0.39 is 28.6 Å². The third kappa shape index (κ3) is 2.18. The van der Waals surface area contributed by atoms with E-state index in [9.17, 15) is 18.0 Å². The molecule has 7 nitrogen and oxygen atoms in total. The first-order valence-electron chi connectivity index (χ1n) is 8.07. The number of halogens is 3. The molecule has 0 amide bonds. The molecule has 26 heavy (non-hydrogen) atoms. The molecule has 1 saturated carbocycles. The van der Waals surface area contributed by atoms with Crippen LogP contribution in [0.2, 0.25) is 0 Å². The molecule has 1 aliphatic carbocycles. The van der Waals surface area contributed by atoms with Gasteiger partial charge in [-0.3, -0.25) is 9.48 Å². The second kappa shape index (κ2) is 5.37. The van der Waals surface area contributed by atoms with Crippen molar-refractivity contribution in [2.24, 2.45) is 11.8 Å². The Morgan fingerprint density at radius 3 is 2.65 bits per heavy atom. The Labute approximate surface area is 144 Å². The Balaban J connectivity index is 1.52. The Morgan fingerprint density at radius 1 is 1.15 bits per heavy atom. The van der Waals surface area contributed by atoms with Gasteiger partial charge in [0.2, 0.25) is 0 Å². The minimum Gasteiger partial charge on any atom is -0.381 e. The van der Waals surface area contributed by atoms with Crippen LogP contribution in [0.1, 0.15) is 11.6 Å². The summed E-state index contributed by atoms with van der Waals surface area (Å²) in [5, 5.41) is 12.0. The first-order chi connectivity index (χ1) is 12.5. The third-order valence-electron chi connectivity index (χ3n) is 5.05. The smallest absolute Gasteiger partial charge is 0.298 e. The summed E-state index contributed by atoms with van der Waals surface area (Å²) in [5.74, 6) is -2.80. The van der Waals surface area contributed by atoms with E-state index in [-0.39, 0.29) is 35.5 Å². The lowest BCUT2D eigenvalue weighted by Crippen LogP contribution is -2.26. The number of rotatable bonds is 3. The molecule has 1 aromatic carbocycles. The zero-order valence-corrected chi connectivity index (χ0v) is 13.3. The van der Waals surface area contributed by atoms with E-state index in [0.29, 0.717) is 19.3 Å². The first-order valence-corrected chi connectivity index (χ1v) is 8.07. The molecule has 0 N–H and O–H groups in total. The normalized spacial score (nSPS) is 24.2. The topological polar surface area (TPSA) is 74.8 Å². The molecule has 1 aliphatic heterocycles. The van der Waals surface area contributed by atoms with Gasteiger partial charge < -0.3 is 4.74 Å². The van der Waals surface area contributed by atoms with Crippen LogP contribution in [-0.2, 0) is 11.3 Å². The highest BCUT2D eigenvalue weighted by Crippen LogP contribution is 2.53. The summed E-state index contributed by atoms with van der Waals surface area (Å²) in [6.45, 7) is 0.815. The van der Waals surface area contributed by atoms with Crippen LogP contribution in [0, 0.1) is 29.3 Å². The summed E-state index contributed by atoms with van der Waals surface area (Å²) in [7, 11) is 0. The van der Waals surface area contributed by atoms with E-state index >= 15 is 0 Å². The van der Waals surface area contributed by atoms with Crippen LogP contribution in [0.25, 0.3) is 11.0 Å². The second-order valence-corrected chi connectivity index (χ2v) is 6.58. The van der Waals surface area contributed by atoms with Gasteiger partial charge >= 0.3 is 0 Å². The molecule has 2 fully saturated rings. The minimum absolute atomic E-state index is 0.0450. The van der Waals surface area contributed by atoms with Gasteiger partial charge in [-0.25, -0.2) is 17.9 Å². The number of hydrogen-bond acceptors (Lipinski definition) is 5. The maximum atomic E-state index is 13.8. The fraction of sp³-hybridized carbons (Fsp3) is 0.375. The van der Waals surface area contributed by atoms with Crippen LogP contribution in [0.15, 0.2) is 23.1 Å². The predicted molar refractivity (Wildman–Crippen MR) is 81.8 cm³/mol. The fourth-order valence-corrected chi connectivity index (χ4v) is 3.61. The minimum atomic E-state index is -1.28. The van der Waals surface area contributed by atoms with Crippen LogP contribution in [0.4, 0.5) is 13.2 Å². The Kier molecular flexibility index (Phi) is 3.20. The Morgan fingerprint density at radius 2 is 1.88 bits per heavy atom. The van der Waals surface area contributed by atoms with E-state index in [4.69, 9.17) is 4.74 Å². The van der Waals surface area contributed by atoms with Crippen LogP contribution in [-0.4, -0.2) is 38.0 Å². The highest BCUT2D eigenvalue weighted by molar-refractivity contribution is 5.71. The molecule has 0 radical (unpaired) electrons. The molecule has 5 rings (SSSR count). The lowest BCUT2D eigenvalue weighted by molar-refractivity contribution is 0.149. The molecule has 3 atom stereocenters. The standard InChI is InChI=1S/C16H12F3N5O2/c17-10-1-2-11(18)13(19)7(10)3-23-4-12-14(21-23)16(25)24(22-20-12)15-8-5-26-6-9(8)15/h1-2,4,8-9,15H,3,5-6H2/t8-,9+,15-. The first kappa shape index (κ1) is 15.5. The van der Waals surface area contributed by atoms with E-state index in [1.165, 1.54) is 10.9 Å². The summed E-state index contributed by atoms with van der Waals surface area (Å²) in [6.07, 6.45) is 1.36. The lowest BCUT2D eigenvalue weighted by atomic mass is 10.2. The SMILES string of the molecule is O=c1c2nn(Cc3c(F)ccc(F)c3F)cc2nnn1[C@@H]1[C@@H]2COC[C@@H]21. The second-order valence-electron chi connectivity index (χ2n) is 6.58. The number of nitrogens with zero attached hydrogens (tertiary/aromatic N) is 5. The zero-order chi connectivity index (χ0) is 18.0. The Bertz CT molecular complexity index is 1090. The summed E-state index contributed by atoms with van der Waals surface area (Å²) in [5.41, 5.74) is -0.609. The molecule has 10 heteroatoms. The average molecular weight is 363 g/mol. The van der Waals surface area contributed by atoms with Crippen molar-refractivity contribution in [2.45, 2.75) is 12.6 Å². The van der Waals surface area contributed by atoms with Gasteiger partial charge in [-0.1, -0.05) is 5.21 Å². The van der Waals surface area contributed by atoms with Gasteiger partial charge in [0.1, 0.15) is 11.3 Å². The van der Waals surface area contributed by atoms with Gasteiger partial charge in [-0.15, -0.1) is 5.10 Å². The quantitative estimate of drug-likeness (QED) is 0.655. The molecule has 2 aromatic heterocycles. The molecule has 2 aliphatic rings. The highest BCUT2D eigenvalue weighted by atomic mass is 19.2.